The first-order valence-electron chi connectivity index (χ1n) is 16.3. The van der Waals surface area contributed by atoms with Crippen LogP contribution in [0.25, 0.3) is 0 Å². The zero-order valence-corrected chi connectivity index (χ0v) is 28.0. The second-order valence-electron chi connectivity index (χ2n) is 9.77. The first kappa shape index (κ1) is 43.9. The van der Waals surface area contributed by atoms with Crippen LogP contribution in [0, 0.1) is 0 Å². The van der Waals surface area contributed by atoms with Crippen molar-refractivity contribution in [2.24, 2.45) is 0 Å². The van der Waals surface area contributed by atoms with Crippen molar-refractivity contribution in [3.05, 3.63) is 11.6 Å². The number of nitrogens with one attached hydrogen (secondary N) is 1. The van der Waals surface area contributed by atoms with E-state index in [-0.39, 0.29) is 25.0 Å². The Bertz CT molecular complexity index is 815. The lowest BCUT2D eigenvalue weighted by Gasteiger charge is -2.09. The molecule has 280 valence electrons. The van der Waals surface area contributed by atoms with Crippen molar-refractivity contribution in [1.29, 1.82) is 0 Å². The number of hydrogen-bond acceptors (Lipinski definition) is 15. The Hall–Kier alpha value is -2.13. The van der Waals surface area contributed by atoms with Gasteiger partial charge < -0.3 is 61.9 Å². The number of amides is 2. The summed E-state index contributed by atoms with van der Waals surface area (Å²) in [6.45, 7) is 10.0. The molecule has 0 radical (unpaired) electrons. The van der Waals surface area contributed by atoms with Gasteiger partial charge in [-0.2, -0.15) is 0 Å². The van der Waals surface area contributed by atoms with Crippen molar-refractivity contribution in [2.45, 2.75) is 12.8 Å². The van der Waals surface area contributed by atoms with Crippen molar-refractivity contribution in [3.63, 3.8) is 0 Å². The van der Waals surface area contributed by atoms with Crippen LogP contribution in [0.4, 0.5) is 0 Å². The maximum atomic E-state index is 11.4. The minimum absolute atomic E-state index is 0.235. The fourth-order valence-electron chi connectivity index (χ4n) is 3.58. The fraction of sp³-hybridized carbons (Fsp3) is 0.839. The summed E-state index contributed by atoms with van der Waals surface area (Å²) < 4.78 is 64.4. The van der Waals surface area contributed by atoms with Gasteiger partial charge in [0.15, 0.2) is 0 Å². The Morgan fingerprint density at radius 3 is 0.979 bits per heavy atom. The number of carboxylic acid groups (broad SMARTS) is 1. The van der Waals surface area contributed by atoms with Crippen molar-refractivity contribution in [2.75, 3.05) is 159 Å². The zero-order valence-electron chi connectivity index (χ0n) is 28.0. The second kappa shape index (κ2) is 34.7. The molecule has 2 amide bonds. The van der Waals surface area contributed by atoms with Gasteiger partial charge in [0.2, 0.25) is 0 Å². The van der Waals surface area contributed by atoms with E-state index in [2.05, 4.69) is 5.32 Å². The molecule has 0 aliphatic carbocycles. The van der Waals surface area contributed by atoms with E-state index in [1.165, 1.54) is 6.08 Å². The Morgan fingerprint density at radius 1 is 0.458 bits per heavy atom. The van der Waals surface area contributed by atoms with E-state index in [0.717, 1.165) is 0 Å². The van der Waals surface area contributed by atoms with Crippen LogP contribution in [0.5, 0.6) is 0 Å². The summed E-state index contributed by atoms with van der Waals surface area (Å²) in [7, 11) is 0. The number of aliphatic carboxylic acids is 1. The van der Waals surface area contributed by atoms with Gasteiger partial charge in [0.1, 0.15) is 6.61 Å². The Balaban J connectivity index is 1.62. The summed E-state index contributed by atoms with van der Waals surface area (Å²) in [5, 5.41) is 10.6. The summed E-state index contributed by atoms with van der Waals surface area (Å²) in [5.74, 6) is -1.67. The molecule has 0 aromatic rings. The maximum absolute atomic E-state index is 11.4. The average molecular weight is 698 g/mol. The lowest BCUT2D eigenvalue weighted by atomic mass is 10.1. The number of imide groups is 1. The minimum Gasteiger partial charge on any atom is -0.480 e. The van der Waals surface area contributed by atoms with E-state index in [9.17, 15) is 14.4 Å². The quantitative estimate of drug-likeness (QED) is 0.0624. The summed E-state index contributed by atoms with van der Waals surface area (Å²) in [4.78, 5) is 32.7. The lowest BCUT2D eigenvalue weighted by molar-refractivity contribution is -0.142. The molecular formula is C31H55NO16. The van der Waals surface area contributed by atoms with Gasteiger partial charge in [-0.15, -0.1) is 0 Å². The maximum Gasteiger partial charge on any atom is 0.329 e. The lowest BCUT2D eigenvalue weighted by Crippen LogP contribution is -2.22. The van der Waals surface area contributed by atoms with Crippen molar-refractivity contribution < 1.29 is 76.3 Å². The molecule has 0 atom stereocenters. The van der Waals surface area contributed by atoms with E-state index in [1.54, 1.807) is 0 Å². The van der Waals surface area contributed by atoms with E-state index < -0.39 is 5.97 Å². The molecule has 17 nitrogen and oxygen atoms in total. The molecule has 1 heterocycles. The van der Waals surface area contributed by atoms with Crippen LogP contribution < -0.4 is 5.32 Å². The number of ether oxygens (including phenoxy) is 12. The number of carbonyl (C=O) groups excluding carboxylic acids is 2. The molecule has 1 aliphatic heterocycles. The molecule has 0 unspecified atom stereocenters. The molecule has 0 aromatic carbocycles. The van der Waals surface area contributed by atoms with Gasteiger partial charge in [0, 0.05) is 18.3 Å². The molecule has 0 bridgehead atoms. The first-order valence-corrected chi connectivity index (χ1v) is 16.3. The second-order valence-corrected chi connectivity index (χ2v) is 9.77. The first-order chi connectivity index (χ1) is 23.6. The molecule has 0 aromatic heterocycles. The molecule has 48 heavy (non-hydrogen) atoms. The van der Waals surface area contributed by atoms with Crippen LogP contribution in [0.15, 0.2) is 11.6 Å². The molecule has 1 rings (SSSR count). The molecule has 2 N–H and O–H groups in total. The smallest absolute Gasteiger partial charge is 0.329 e. The Morgan fingerprint density at radius 2 is 0.729 bits per heavy atom. The number of carboxylic acids is 1. The van der Waals surface area contributed by atoms with E-state index in [4.69, 9.17) is 61.9 Å². The third-order valence-electron chi connectivity index (χ3n) is 5.89. The van der Waals surface area contributed by atoms with Gasteiger partial charge in [-0.05, 0) is 12.8 Å². The summed E-state index contributed by atoms with van der Waals surface area (Å²) >= 11 is 0. The highest BCUT2D eigenvalue weighted by Gasteiger charge is 2.19. The van der Waals surface area contributed by atoms with Crippen molar-refractivity contribution >= 4 is 17.8 Å². The minimum atomic E-state index is -1.00. The van der Waals surface area contributed by atoms with E-state index in [1.807, 2.05) is 0 Å². The summed E-state index contributed by atoms with van der Waals surface area (Å²) in [6, 6.07) is 0. The van der Waals surface area contributed by atoms with Gasteiger partial charge in [-0.25, -0.2) is 4.79 Å². The van der Waals surface area contributed by atoms with Crippen LogP contribution in [-0.2, 0) is 71.2 Å². The molecule has 0 spiro atoms. The topological polar surface area (TPSA) is 194 Å². The molecular weight excluding hydrogens is 642 g/mol. The fourth-order valence-corrected chi connectivity index (χ4v) is 3.58. The zero-order chi connectivity index (χ0) is 34.6. The molecule has 0 saturated carbocycles. The van der Waals surface area contributed by atoms with Crippen LogP contribution in [0.2, 0.25) is 0 Å². The van der Waals surface area contributed by atoms with Crippen LogP contribution in [-0.4, -0.2) is 181 Å². The number of carbonyl (C=O) groups is 3. The highest BCUT2D eigenvalue weighted by molar-refractivity contribution is 6.16. The highest BCUT2D eigenvalue weighted by atomic mass is 16.6. The van der Waals surface area contributed by atoms with Crippen molar-refractivity contribution in [3.8, 4) is 0 Å². The Kier molecular flexibility index (Phi) is 31.8. The van der Waals surface area contributed by atoms with Gasteiger partial charge in [-0.1, -0.05) is 0 Å². The number of rotatable bonds is 39. The van der Waals surface area contributed by atoms with Gasteiger partial charge in [0.05, 0.1) is 145 Å². The Labute approximate surface area is 282 Å². The predicted molar refractivity (Wildman–Crippen MR) is 168 cm³/mol. The normalized spacial score (nSPS) is 13.0. The third-order valence-corrected chi connectivity index (χ3v) is 5.89. The molecule has 0 fully saturated rings. The standard InChI is InChI=1S/C31H55NO16/c33-29-26-28(31(36)32-29)2-1-3-37-4-5-38-6-7-39-8-9-40-10-11-41-12-13-42-14-15-43-16-17-44-18-19-45-20-21-46-22-23-47-24-25-48-27-30(34)35/h26H,1-25,27H2,(H,34,35)(H,32,33,36). The predicted octanol–water partition coefficient (Wildman–Crippen LogP) is -0.367. The van der Waals surface area contributed by atoms with E-state index >= 15 is 0 Å². The van der Waals surface area contributed by atoms with Gasteiger partial charge in [-0.3, -0.25) is 14.9 Å². The molecule has 0 saturated heterocycles. The van der Waals surface area contributed by atoms with E-state index in [0.29, 0.717) is 164 Å². The molecule has 1 aliphatic rings. The van der Waals surface area contributed by atoms with Crippen LogP contribution in [0.1, 0.15) is 12.8 Å². The monoisotopic (exact) mass is 697 g/mol. The SMILES string of the molecule is O=C(O)COCCOCCOCCOCCOCCOCCOCCOCCOCCOCCOCCOCCCC1=CC(=O)NC1=O. The summed E-state index contributed by atoms with van der Waals surface area (Å²) in [6.07, 6.45) is 2.51. The van der Waals surface area contributed by atoms with Crippen molar-refractivity contribution in [1.82, 2.24) is 5.32 Å². The third kappa shape index (κ3) is 31.2. The average Bonchev–Trinajstić information content (AvgIpc) is 3.39. The largest absolute Gasteiger partial charge is 0.480 e. The van der Waals surface area contributed by atoms with Crippen LogP contribution >= 0.6 is 0 Å². The van der Waals surface area contributed by atoms with Gasteiger partial charge in [0.25, 0.3) is 11.8 Å². The summed E-state index contributed by atoms with van der Waals surface area (Å²) in [5.41, 5.74) is 0.498. The highest BCUT2D eigenvalue weighted by Crippen LogP contribution is 2.09. The molecule has 17 heteroatoms. The van der Waals surface area contributed by atoms with Gasteiger partial charge >= 0.3 is 5.97 Å². The number of hydrogen-bond donors (Lipinski definition) is 2. The van der Waals surface area contributed by atoms with Crippen LogP contribution in [0.3, 0.4) is 0 Å².